The van der Waals surface area contributed by atoms with Crippen LogP contribution < -0.4 is 5.32 Å². The number of amides is 3. The maximum Gasteiger partial charge on any atom is 0.330 e. The molecular formula is C21H20N2O5S. The molecule has 2 aromatic carbocycles. The molecule has 1 atom stereocenters. The van der Waals surface area contributed by atoms with Crippen LogP contribution in [0.15, 0.2) is 54.6 Å². The molecule has 1 aliphatic heterocycles. The molecular weight excluding hydrogens is 392 g/mol. The molecule has 0 radical (unpaired) electrons. The number of benzene rings is 2. The summed E-state index contributed by atoms with van der Waals surface area (Å²) in [7, 11) is 0. The number of rotatable bonds is 8. The molecule has 0 saturated heterocycles. The second-order valence-corrected chi connectivity index (χ2v) is 7.34. The van der Waals surface area contributed by atoms with E-state index in [9.17, 15) is 19.2 Å². The van der Waals surface area contributed by atoms with E-state index in [0.717, 1.165) is 4.90 Å². The van der Waals surface area contributed by atoms with E-state index in [0.29, 0.717) is 17.7 Å². The van der Waals surface area contributed by atoms with Crippen LogP contribution in [0.3, 0.4) is 0 Å². The third-order valence-corrected chi connectivity index (χ3v) is 5.09. The zero-order chi connectivity index (χ0) is 20.8. The summed E-state index contributed by atoms with van der Waals surface area (Å²) >= 11 is 1.53. The van der Waals surface area contributed by atoms with Crippen molar-refractivity contribution < 1.29 is 23.9 Å². The highest BCUT2D eigenvalue weighted by Gasteiger charge is 2.36. The van der Waals surface area contributed by atoms with Crippen molar-refractivity contribution in [2.24, 2.45) is 0 Å². The first kappa shape index (κ1) is 20.6. The number of fused-ring (bicyclic) bond motifs is 1. The topological polar surface area (TPSA) is 92.8 Å². The number of thioether (sulfide) groups is 1. The van der Waals surface area contributed by atoms with E-state index in [1.54, 1.807) is 54.6 Å². The molecule has 0 aliphatic carbocycles. The first-order chi connectivity index (χ1) is 14.0. The van der Waals surface area contributed by atoms with Crippen LogP contribution in [0.5, 0.6) is 0 Å². The number of ether oxygens (including phenoxy) is 1. The van der Waals surface area contributed by atoms with Gasteiger partial charge in [0.25, 0.3) is 17.7 Å². The van der Waals surface area contributed by atoms with Crippen molar-refractivity contribution >= 4 is 35.5 Å². The molecule has 0 spiro atoms. The van der Waals surface area contributed by atoms with Gasteiger partial charge < -0.3 is 10.1 Å². The molecule has 8 heteroatoms. The van der Waals surface area contributed by atoms with E-state index in [1.807, 2.05) is 6.26 Å². The van der Waals surface area contributed by atoms with Crippen LogP contribution in [0, 0.1) is 0 Å². The Labute approximate surface area is 172 Å². The zero-order valence-corrected chi connectivity index (χ0v) is 16.6. The van der Waals surface area contributed by atoms with Crippen molar-refractivity contribution in [1.82, 2.24) is 10.2 Å². The summed E-state index contributed by atoms with van der Waals surface area (Å²) in [6.07, 6.45) is 2.25. The fourth-order valence-electron chi connectivity index (χ4n) is 2.90. The van der Waals surface area contributed by atoms with Crippen LogP contribution in [0.4, 0.5) is 0 Å². The van der Waals surface area contributed by atoms with Crippen LogP contribution in [-0.4, -0.2) is 53.4 Å². The molecule has 150 valence electrons. The Bertz CT molecular complexity index is 897. The molecule has 2 aromatic rings. The molecule has 1 heterocycles. The molecule has 29 heavy (non-hydrogen) atoms. The highest BCUT2D eigenvalue weighted by atomic mass is 32.2. The molecule has 0 bridgehead atoms. The molecule has 1 N–H and O–H groups in total. The molecule has 0 aromatic heterocycles. The van der Waals surface area contributed by atoms with Gasteiger partial charge in [0.2, 0.25) is 0 Å². The van der Waals surface area contributed by atoms with E-state index in [1.165, 1.54) is 11.8 Å². The molecule has 0 fully saturated rings. The Balaban J connectivity index is 1.64. The van der Waals surface area contributed by atoms with Crippen LogP contribution in [0.25, 0.3) is 0 Å². The number of nitrogens with one attached hydrogen (secondary N) is 1. The van der Waals surface area contributed by atoms with Crippen molar-refractivity contribution in [3.63, 3.8) is 0 Å². The predicted molar refractivity (Wildman–Crippen MR) is 109 cm³/mol. The predicted octanol–water partition coefficient (Wildman–Crippen LogP) is 2.33. The number of carbonyl (C=O) groups is 4. The number of nitrogens with zero attached hydrogens (tertiary/aromatic N) is 1. The first-order valence-corrected chi connectivity index (χ1v) is 10.4. The lowest BCUT2D eigenvalue weighted by Crippen LogP contribution is -2.44. The molecule has 0 saturated carbocycles. The Kier molecular flexibility index (Phi) is 6.66. The molecule has 7 nitrogen and oxygen atoms in total. The van der Waals surface area contributed by atoms with E-state index in [4.69, 9.17) is 4.74 Å². The highest BCUT2D eigenvalue weighted by molar-refractivity contribution is 7.98. The number of carbonyl (C=O) groups excluding carboxylic acids is 4. The number of esters is 1. The quantitative estimate of drug-likeness (QED) is 0.528. The third kappa shape index (κ3) is 4.65. The smallest absolute Gasteiger partial charge is 0.330 e. The van der Waals surface area contributed by atoms with E-state index in [-0.39, 0.29) is 11.1 Å². The highest BCUT2D eigenvalue weighted by Crippen LogP contribution is 2.22. The summed E-state index contributed by atoms with van der Waals surface area (Å²) in [5.74, 6) is -1.48. The van der Waals surface area contributed by atoms with Gasteiger partial charge in [-0.25, -0.2) is 9.69 Å². The molecule has 0 unspecified atom stereocenters. The Morgan fingerprint density at radius 1 is 1.00 bits per heavy atom. The Morgan fingerprint density at radius 2 is 1.59 bits per heavy atom. The van der Waals surface area contributed by atoms with Gasteiger partial charge in [-0.05, 0) is 42.7 Å². The van der Waals surface area contributed by atoms with Crippen molar-refractivity contribution in [3.8, 4) is 0 Å². The molecule has 3 rings (SSSR count). The number of hydrogen-bond acceptors (Lipinski definition) is 6. The SMILES string of the molecule is CSCC[C@@H](NC(=O)c1ccccc1)C(=O)OCN1C(=O)c2ccccc2C1=O. The van der Waals surface area contributed by atoms with Crippen LogP contribution >= 0.6 is 11.8 Å². The van der Waals surface area contributed by atoms with Gasteiger partial charge in [-0.1, -0.05) is 30.3 Å². The number of hydrogen-bond donors (Lipinski definition) is 1. The van der Waals surface area contributed by atoms with Crippen molar-refractivity contribution in [3.05, 3.63) is 71.3 Å². The number of imide groups is 1. The lowest BCUT2D eigenvalue weighted by molar-refractivity contribution is -0.148. The second kappa shape index (κ2) is 9.38. The summed E-state index contributed by atoms with van der Waals surface area (Å²) in [6.45, 7) is -0.498. The maximum absolute atomic E-state index is 12.6. The summed E-state index contributed by atoms with van der Waals surface area (Å²) in [6, 6.07) is 14.1. The molecule has 1 aliphatic rings. The molecule has 3 amide bonds. The van der Waals surface area contributed by atoms with Crippen LogP contribution in [-0.2, 0) is 9.53 Å². The summed E-state index contributed by atoms with van der Waals surface area (Å²) in [4.78, 5) is 50.6. The van der Waals surface area contributed by atoms with Gasteiger partial charge in [-0.2, -0.15) is 11.8 Å². The van der Waals surface area contributed by atoms with E-state index in [2.05, 4.69) is 5.32 Å². The van der Waals surface area contributed by atoms with Crippen molar-refractivity contribution in [1.29, 1.82) is 0 Å². The van der Waals surface area contributed by atoms with Crippen LogP contribution in [0.1, 0.15) is 37.5 Å². The fraction of sp³-hybridized carbons (Fsp3) is 0.238. The Morgan fingerprint density at radius 3 is 2.17 bits per heavy atom. The average Bonchev–Trinajstić information content (AvgIpc) is 3.00. The fourth-order valence-corrected chi connectivity index (χ4v) is 3.37. The van der Waals surface area contributed by atoms with Gasteiger partial charge in [0.1, 0.15) is 6.04 Å². The normalized spacial score (nSPS) is 13.8. The average molecular weight is 412 g/mol. The summed E-state index contributed by atoms with van der Waals surface area (Å²) in [5, 5.41) is 2.67. The summed E-state index contributed by atoms with van der Waals surface area (Å²) < 4.78 is 5.22. The standard InChI is InChI=1S/C21H20N2O5S/c1-29-12-11-17(22-18(24)14-7-3-2-4-8-14)21(27)28-13-23-19(25)15-9-5-6-10-16(15)20(23)26/h2-10,17H,11-13H2,1H3,(H,22,24)/t17-/m1/s1. The van der Waals surface area contributed by atoms with Gasteiger partial charge in [0, 0.05) is 5.56 Å². The van der Waals surface area contributed by atoms with Gasteiger partial charge >= 0.3 is 5.97 Å². The van der Waals surface area contributed by atoms with E-state index < -0.39 is 36.5 Å². The van der Waals surface area contributed by atoms with Gasteiger partial charge in [-0.3, -0.25) is 14.4 Å². The third-order valence-electron chi connectivity index (χ3n) is 4.45. The van der Waals surface area contributed by atoms with Crippen molar-refractivity contribution in [2.45, 2.75) is 12.5 Å². The lowest BCUT2D eigenvalue weighted by atomic mass is 10.1. The zero-order valence-electron chi connectivity index (χ0n) is 15.8. The minimum Gasteiger partial charge on any atom is -0.442 e. The summed E-state index contributed by atoms with van der Waals surface area (Å²) in [5.41, 5.74) is 0.990. The first-order valence-electron chi connectivity index (χ1n) is 8.99. The largest absolute Gasteiger partial charge is 0.442 e. The van der Waals surface area contributed by atoms with Gasteiger partial charge in [0.05, 0.1) is 11.1 Å². The van der Waals surface area contributed by atoms with E-state index >= 15 is 0 Å². The Hall–Kier alpha value is -3.13. The minimum absolute atomic E-state index is 0.282. The van der Waals surface area contributed by atoms with Gasteiger partial charge in [0.15, 0.2) is 6.73 Å². The minimum atomic E-state index is -0.884. The van der Waals surface area contributed by atoms with Crippen molar-refractivity contribution in [2.75, 3.05) is 18.7 Å². The maximum atomic E-state index is 12.6. The lowest BCUT2D eigenvalue weighted by Gasteiger charge is -2.20. The monoisotopic (exact) mass is 412 g/mol. The van der Waals surface area contributed by atoms with Crippen LogP contribution in [0.2, 0.25) is 0 Å². The second-order valence-electron chi connectivity index (χ2n) is 6.35. The van der Waals surface area contributed by atoms with Gasteiger partial charge in [-0.15, -0.1) is 0 Å².